The van der Waals surface area contributed by atoms with Crippen LogP contribution in [-0.4, -0.2) is 18.2 Å². The van der Waals surface area contributed by atoms with Gasteiger partial charge >= 0.3 is 5.97 Å². The molecule has 0 amide bonds. The van der Waals surface area contributed by atoms with Gasteiger partial charge in [-0.3, -0.25) is 0 Å². The maximum Gasteiger partial charge on any atom is 0.337 e. The molecule has 0 saturated carbocycles. The van der Waals surface area contributed by atoms with Gasteiger partial charge in [-0.25, -0.2) is 4.79 Å². The summed E-state index contributed by atoms with van der Waals surface area (Å²) < 4.78 is 5.13. The Morgan fingerprint density at radius 1 is 1.11 bits per heavy atom. The lowest BCUT2D eigenvalue weighted by Crippen LogP contribution is -2.04. The molecule has 2 aromatic carbocycles. The molecule has 0 atom stereocenters. The molecule has 0 saturated heterocycles. The Hall–Kier alpha value is -2.33. The lowest BCUT2D eigenvalue weighted by atomic mass is 10.1. The first-order valence-corrected chi connectivity index (χ1v) is 5.88. The van der Waals surface area contributed by atoms with E-state index >= 15 is 0 Å². The summed E-state index contributed by atoms with van der Waals surface area (Å²) in [5.74, 6) is -0.952. The van der Waals surface area contributed by atoms with Crippen LogP contribution in [0.25, 0.3) is 0 Å². The van der Waals surface area contributed by atoms with Crippen molar-refractivity contribution in [1.82, 2.24) is 0 Å². The standard InChI is InChI=1S/C15H15NO3/c1-19-10-11-6-2-4-8-13(11)16-14-9-5-3-7-12(14)15(17)18/h2-9,16H,10H2,1H3,(H,17,18). The normalized spacial score (nSPS) is 10.2. The monoisotopic (exact) mass is 257 g/mol. The van der Waals surface area contributed by atoms with Gasteiger partial charge in [0.2, 0.25) is 0 Å². The van der Waals surface area contributed by atoms with E-state index in [1.807, 2.05) is 24.3 Å². The van der Waals surface area contributed by atoms with E-state index in [-0.39, 0.29) is 5.56 Å². The first-order valence-electron chi connectivity index (χ1n) is 5.88. The highest BCUT2D eigenvalue weighted by molar-refractivity contribution is 5.95. The van der Waals surface area contributed by atoms with Gasteiger partial charge in [-0.05, 0) is 18.2 Å². The summed E-state index contributed by atoms with van der Waals surface area (Å²) in [7, 11) is 1.63. The minimum absolute atomic E-state index is 0.245. The second-order valence-electron chi connectivity index (χ2n) is 4.07. The van der Waals surface area contributed by atoms with Crippen LogP contribution in [-0.2, 0) is 11.3 Å². The third-order valence-electron chi connectivity index (χ3n) is 2.74. The molecule has 2 N–H and O–H groups in total. The molecule has 0 aliphatic rings. The van der Waals surface area contributed by atoms with E-state index in [0.29, 0.717) is 12.3 Å². The van der Waals surface area contributed by atoms with Crippen molar-refractivity contribution in [3.05, 3.63) is 59.7 Å². The van der Waals surface area contributed by atoms with E-state index in [9.17, 15) is 4.79 Å². The van der Waals surface area contributed by atoms with Gasteiger partial charge in [-0.2, -0.15) is 0 Å². The second-order valence-corrected chi connectivity index (χ2v) is 4.07. The molecule has 0 spiro atoms. The van der Waals surface area contributed by atoms with Crippen molar-refractivity contribution < 1.29 is 14.6 Å². The van der Waals surface area contributed by atoms with Crippen LogP contribution in [0, 0.1) is 0 Å². The van der Waals surface area contributed by atoms with Crippen molar-refractivity contribution >= 4 is 17.3 Å². The predicted octanol–water partition coefficient (Wildman–Crippen LogP) is 3.27. The molecule has 0 aliphatic carbocycles. The number of rotatable bonds is 5. The van der Waals surface area contributed by atoms with E-state index in [4.69, 9.17) is 9.84 Å². The molecular formula is C15H15NO3. The van der Waals surface area contributed by atoms with Crippen LogP contribution < -0.4 is 5.32 Å². The molecule has 0 radical (unpaired) electrons. The lowest BCUT2D eigenvalue weighted by Gasteiger charge is -2.13. The topological polar surface area (TPSA) is 58.6 Å². The number of para-hydroxylation sites is 2. The molecule has 19 heavy (non-hydrogen) atoms. The minimum atomic E-state index is -0.952. The highest BCUT2D eigenvalue weighted by Gasteiger charge is 2.10. The number of carboxylic acid groups (broad SMARTS) is 1. The van der Waals surface area contributed by atoms with Crippen LogP contribution in [0.2, 0.25) is 0 Å². The highest BCUT2D eigenvalue weighted by atomic mass is 16.5. The van der Waals surface area contributed by atoms with Crippen LogP contribution >= 0.6 is 0 Å². The molecule has 2 aromatic rings. The molecular weight excluding hydrogens is 242 g/mol. The Morgan fingerprint density at radius 2 is 1.74 bits per heavy atom. The van der Waals surface area contributed by atoms with Gasteiger partial charge < -0.3 is 15.2 Å². The molecule has 0 fully saturated rings. The van der Waals surface area contributed by atoms with Crippen molar-refractivity contribution in [2.24, 2.45) is 0 Å². The average molecular weight is 257 g/mol. The van der Waals surface area contributed by atoms with Gasteiger partial charge in [0.1, 0.15) is 0 Å². The molecule has 2 rings (SSSR count). The Morgan fingerprint density at radius 3 is 2.42 bits per heavy atom. The van der Waals surface area contributed by atoms with Gasteiger partial charge in [0.05, 0.1) is 17.9 Å². The number of benzene rings is 2. The number of aromatic carboxylic acids is 1. The number of anilines is 2. The zero-order valence-electron chi connectivity index (χ0n) is 10.6. The van der Waals surface area contributed by atoms with Crippen LogP contribution in [0.5, 0.6) is 0 Å². The number of ether oxygens (including phenoxy) is 1. The SMILES string of the molecule is COCc1ccccc1Nc1ccccc1C(=O)O. The fourth-order valence-electron chi connectivity index (χ4n) is 1.85. The van der Waals surface area contributed by atoms with Gasteiger partial charge in [0.15, 0.2) is 0 Å². The predicted molar refractivity (Wildman–Crippen MR) is 73.8 cm³/mol. The van der Waals surface area contributed by atoms with E-state index in [1.54, 1.807) is 31.4 Å². The van der Waals surface area contributed by atoms with Crippen molar-refractivity contribution in [2.45, 2.75) is 6.61 Å². The first-order chi connectivity index (χ1) is 9.22. The quantitative estimate of drug-likeness (QED) is 0.863. The zero-order valence-corrected chi connectivity index (χ0v) is 10.6. The third-order valence-corrected chi connectivity index (χ3v) is 2.74. The van der Waals surface area contributed by atoms with E-state index in [2.05, 4.69) is 5.32 Å². The number of carboxylic acids is 1. The number of nitrogens with one attached hydrogen (secondary N) is 1. The highest BCUT2D eigenvalue weighted by Crippen LogP contribution is 2.24. The maximum absolute atomic E-state index is 11.2. The Kier molecular flexibility index (Phi) is 4.15. The summed E-state index contributed by atoms with van der Waals surface area (Å²) in [5, 5.41) is 12.3. The Labute approximate surface area is 111 Å². The average Bonchev–Trinajstić information content (AvgIpc) is 2.42. The number of methoxy groups -OCH3 is 1. The van der Waals surface area contributed by atoms with Gasteiger partial charge in [0, 0.05) is 18.4 Å². The first kappa shape index (κ1) is 13.1. The van der Waals surface area contributed by atoms with Gasteiger partial charge in [-0.1, -0.05) is 30.3 Å². The zero-order chi connectivity index (χ0) is 13.7. The third kappa shape index (κ3) is 3.11. The van der Waals surface area contributed by atoms with Gasteiger partial charge in [-0.15, -0.1) is 0 Å². The van der Waals surface area contributed by atoms with Gasteiger partial charge in [0.25, 0.3) is 0 Å². The molecule has 0 heterocycles. The van der Waals surface area contributed by atoms with E-state index in [1.165, 1.54) is 0 Å². The molecule has 0 aliphatic heterocycles. The summed E-state index contributed by atoms with van der Waals surface area (Å²) in [6.07, 6.45) is 0. The van der Waals surface area contributed by atoms with Crippen molar-refractivity contribution in [2.75, 3.05) is 12.4 Å². The molecule has 4 heteroatoms. The van der Waals surface area contributed by atoms with E-state index < -0.39 is 5.97 Å². The summed E-state index contributed by atoms with van der Waals surface area (Å²) in [5.41, 5.74) is 2.64. The summed E-state index contributed by atoms with van der Waals surface area (Å²) in [6, 6.07) is 14.5. The van der Waals surface area contributed by atoms with Crippen LogP contribution in [0.15, 0.2) is 48.5 Å². The lowest BCUT2D eigenvalue weighted by molar-refractivity contribution is 0.0698. The molecule has 4 nitrogen and oxygen atoms in total. The fourth-order valence-corrected chi connectivity index (χ4v) is 1.85. The molecule has 0 unspecified atom stereocenters. The Balaban J connectivity index is 2.34. The summed E-state index contributed by atoms with van der Waals surface area (Å²) >= 11 is 0. The van der Waals surface area contributed by atoms with Crippen molar-refractivity contribution in [1.29, 1.82) is 0 Å². The molecule has 98 valence electrons. The van der Waals surface area contributed by atoms with Crippen molar-refractivity contribution in [3.8, 4) is 0 Å². The number of hydrogen-bond acceptors (Lipinski definition) is 3. The fraction of sp³-hybridized carbons (Fsp3) is 0.133. The van der Waals surface area contributed by atoms with E-state index in [0.717, 1.165) is 11.3 Å². The summed E-state index contributed by atoms with van der Waals surface area (Å²) in [4.78, 5) is 11.2. The van der Waals surface area contributed by atoms with Crippen LogP contribution in [0.3, 0.4) is 0 Å². The van der Waals surface area contributed by atoms with Crippen LogP contribution in [0.1, 0.15) is 15.9 Å². The maximum atomic E-state index is 11.2. The number of carbonyl (C=O) groups is 1. The molecule has 0 bridgehead atoms. The largest absolute Gasteiger partial charge is 0.478 e. The molecule has 0 aromatic heterocycles. The second kappa shape index (κ2) is 6.02. The summed E-state index contributed by atoms with van der Waals surface area (Å²) in [6.45, 7) is 0.471. The Bertz CT molecular complexity index is 581. The van der Waals surface area contributed by atoms with Crippen LogP contribution in [0.4, 0.5) is 11.4 Å². The minimum Gasteiger partial charge on any atom is -0.478 e. The van der Waals surface area contributed by atoms with Crippen molar-refractivity contribution in [3.63, 3.8) is 0 Å². The number of hydrogen-bond donors (Lipinski definition) is 2. The smallest absolute Gasteiger partial charge is 0.337 e.